The maximum Gasteiger partial charge on any atom is 0.246 e. The van der Waals surface area contributed by atoms with Crippen LogP contribution in [0.4, 0.5) is 0 Å². The van der Waals surface area contributed by atoms with Crippen LogP contribution in [-0.4, -0.2) is 13.6 Å². The first-order valence-electron chi connectivity index (χ1n) is 8.56. The molecule has 0 unspecified atom stereocenters. The van der Waals surface area contributed by atoms with Gasteiger partial charge in [-0.1, -0.05) is 29.4 Å². The van der Waals surface area contributed by atoms with Crippen LogP contribution in [0.25, 0.3) is 0 Å². The zero-order valence-electron chi connectivity index (χ0n) is 14.7. The minimum Gasteiger partial charge on any atom is -0.360 e. The quantitative estimate of drug-likeness (QED) is 0.719. The third-order valence-electron chi connectivity index (χ3n) is 4.79. The molecule has 0 bridgehead atoms. The highest BCUT2D eigenvalue weighted by Gasteiger charge is 2.29. The van der Waals surface area contributed by atoms with E-state index in [1.165, 1.54) is 22.5 Å². The number of aromatic nitrogens is 1. The van der Waals surface area contributed by atoms with Crippen LogP contribution in [0.3, 0.4) is 0 Å². The van der Waals surface area contributed by atoms with Gasteiger partial charge in [0.05, 0.1) is 6.04 Å². The maximum atomic E-state index is 13.0. The number of hydrogen-bond donors (Lipinski definition) is 1. The van der Waals surface area contributed by atoms with E-state index < -0.39 is 16.1 Å². The summed E-state index contributed by atoms with van der Waals surface area (Å²) in [7, 11) is -3.77. The van der Waals surface area contributed by atoms with Crippen LogP contribution in [0, 0.1) is 13.8 Å². The standard InChI is InChI=1S/C19H20N2O3S2/c1-12-19(13(2)24-20-12)26(22,23)21-18(17-7-4-10-25-17)16-9-8-14-5-3-6-15(14)11-16/h4,7-11,18,21H,3,5-6H2,1-2H3/t18-/m0/s1. The molecule has 1 aliphatic rings. The van der Waals surface area contributed by atoms with Gasteiger partial charge in [-0.05, 0) is 61.2 Å². The maximum absolute atomic E-state index is 13.0. The molecular formula is C19H20N2O3S2. The van der Waals surface area contributed by atoms with Crippen molar-refractivity contribution in [1.29, 1.82) is 0 Å². The molecule has 0 radical (unpaired) electrons. The van der Waals surface area contributed by atoms with Crippen LogP contribution in [-0.2, 0) is 22.9 Å². The van der Waals surface area contributed by atoms with Crippen LogP contribution in [0.15, 0.2) is 45.1 Å². The average Bonchev–Trinajstić information content (AvgIpc) is 3.33. The Hall–Kier alpha value is -1.96. The second-order valence-corrected chi connectivity index (χ2v) is 9.23. The summed E-state index contributed by atoms with van der Waals surface area (Å²) in [5, 5.41) is 5.74. The number of nitrogens with zero attached hydrogens (tertiary/aromatic N) is 1. The first kappa shape index (κ1) is 17.5. The van der Waals surface area contributed by atoms with E-state index >= 15 is 0 Å². The van der Waals surface area contributed by atoms with Crippen molar-refractivity contribution in [2.45, 2.75) is 44.0 Å². The van der Waals surface area contributed by atoms with Gasteiger partial charge < -0.3 is 4.52 Å². The summed E-state index contributed by atoms with van der Waals surface area (Å²) in [6, 6.07) is 9.76. The minimum atomic E-state index is -3.77. The summed E-state index contributed by atoms with van der Waals surface area (Å²) in [6.07, 6.45) is 3.31. The van der Waals surface area contributed by atoms with Crippen LogP contribution in [0.1, 0.15) is 45.5 Å². The van der Waals surface area contributed by atoms with Gasteiger partial charge in [0.1, 0.15) is 10.6 Å². The average molecular weight is 389 g/mol. The summed E-state index contributed by atoms with van der Waals surface area (Å²) in [6.45, 7) is 3.25. The molecular weight excluding hydrogens is 368 g/mol. The van der Waals surface area contributed by atoms with Crippen molar-refractivity contribution in [2.75, 3.05) is 0 Å². The number of hydrogen-bond acceptors (Lipinski definition) is 5. The molecule has 1 N–H and O–H groups in total. The zero-order chi connectivity index (χ0) is 18.3. The topological polar surface area (TPSA) is 72.2 Å². The van der Waals surface area contributed by atoms with Gasteiger partial charge in [-0.15, -0.1) is 11.3 Å². The number of thiophene rings is 1. The summed E-state index contributed by atoms with van der Waals surface area (Å²) < 4.78 is 34.0. The van der Waals surface area contributed by atoms with Crippen LogP contribution < -0.4 is 4.72 Å². The molecule has 0 spiro atoms. The smallest absolute Gasteiger partial charge is 0.246 e. The molecule has 2 aromatic heterocycles. The predicted octanol–water partition coefficient (Wildman–Crippen LogP) is 3.91. The van der Waals surface area contributed by atoms with Gasteiger partial charge in [0.15, 0.2) is 5.76 Å². The van der Waals surface area contributed by atoms with Crippen molar-refractivity contribution >= 4 is 21.4 Å². The van der Waals surface area contributed by atoms with Crippen molar-refractivity contribution in [3.8, 4) is 0 Å². The van der Waals surface area contributed by atoms with Gasteiger partial charge in [0.25, 0.3) is 0 Å². The van der Waals surface area contributed by atoms with E-state index in [1.54, 1.807) is 13.8 Å². The molecule has 1 aliphatic carbocycles. The monoisotopic (exact) mass is 388 g/mol. The number of sulfonamides is 1. The lowest BCUT2D eigenvalue weighted by atomic mass is 10.0. The lowest BCUT2D eigenvalue weighted by Crippen LogP contribution is -2.29. The number of rotatable bonds is 5. The Labute approximate surface area is 157 Å². The highest BCUT2D eigenvalue weighted by atomic mass is 32.2. The fourth-order valence-electron chi connectivity index (χ4n) is 3.59. The molecule has 5 nitrogen and oxygen atoms in total. The van der Waals surface area contributed by atoms with E-state index in [1.807, 2.05) is 23.6 Å². The van der Waals surface area contributed by atoms with E-state index in [-0.39, 0.29) is 4.90 Å². The number of benzene rings is 1. The summed E-state index contributed by atoms with van der Waals surface area (Å²) in [4.78, 5) is 1.08. The molecule has 1 atom stereocenters. The summed E-state index contributed by atoms with van der Waals surface area (Å²) in [5.41, 5.74) is 4.02. The Kier molecular flexibility index (Phi) is 4.46. The molecule has 3 aromatic rings. The molecule has 1 aromatic carbocycles. The summed E-state index contributed by atoms with van der Waals surface area (Å²) >= 11 is 1.54. The molecule has 0 amide bonds. The van der Waals surface area contributed by atoms with Crippen LogP contribution in [0.5, 0.6) is 0 Å². The fraction of sp³-hybridized carbons (Fsp3) is 0.316. The molecule has 0 saturated carbocycles. The lowest BCUT2D eigenvalue weighted by Gasteiger charge is -2.19. The first-order chi connectivity index (χ1) is 12.5. The molecule has 136 valence electrons. The predicted molar refractivity (Wildman–Crippen MR) is 101 cm³/mol. The zero-order valence-corrected chi connectivity index (χ0v) is 16.3. The van der Waals surface area contributed by atoms with E-state index in [2.05, 4.69) is 22.0 Å². The van der Waals surface area contributed by atoms with E-state index in [9.17, 15) is 8.42 Å². The van der Waals surface area contributed by atoms with E-state index in [0.29, 0.717) is 11.5 Å². The van der Waals surface area contributed by atoms with Gasteiger partial charge in [-0.25, -0.2) is 8.42 Å². The second-order valence-electron chi connectivity index (χ2n) is 6.60. The molecule has 0 fully saturated rings. The summed E-state index contributed by atoms with van der Waals surface area (Å²) in [5.74, 6) is 0.300. The molecule has 4 rings (SSSR count). The van der Waals surface area contributed by atoms with Gasteiger partial charge >= 0.3 is 0 Å². The molecule has 7 heteroatoms. The van der Waals surface area contributed by atoms with Crippen molar-refractivity contribution < 1.29 is 12.9 Å². The first-order valence-corrected chi connectivity index (χ1v) is 10.9. The third kappa shape index (κ3) is 3.11. The molecule has 26 heavy (non-hydrogen) atoms. The van der Waals surface area contributed by atoms with E-state index in [4.69, 9.17) is 4.52 Å². The van der Waals surface area contributed by atoms with Crippen molar-refractivity contribution in [2.24, 2.45) is 0 Å². The number of nitrogens with one attached hydrogen (secondary N) is 1. The largest absolute Gasteiger partial charge is 0.360 e. The second kappa shape index (κ2) is 6.64. The molecule has 2 heterocycles. The van der Waals surface area contributed by atoms with Crippen LogP contribution >= 0.6 is 11.3 Å². The minimum absolute atomic E-state index is 0.125. The molecule has 0 aliphatic heterocycles. The van der Waals surface area contributed by atoms with Crippen molar-refractivity contribution in [3.05, 3.63) is 68.7 Å². The van der Waals surface area contributed by atoms with Crippen LogP contribution in [0.2, 0.25) is 0 Å². The molecule has 0 saturated heterocycles. The Morgan fingerprint density at radius 3 is 2.69 bits per heavy atom. The highest BCUT2D eigenvalue weighted by Crippen LogP contribution is 2.32. The van der Waals surface area contributed by atoms with Gasteiger partial charge in [0.2, 0.25) is 10.0 Å². The highest BCUT2D eigenvalue weighted by molar-refractivity contribution is 7.89. The normalized spacial score (nSPS) is 15.2. The van der Waals surface area contributed by atoms with Gasteiger partial charge in [-0.2, -0.15) is 4.72 Å². The van der Waals surface area contributed by atoms with Crippen molar-refractivity contribution in [3.63, 3.8) is 0 Å². The Morgan fingerprint density at radius 2 is 2.00 bits per heavy atom. The fourth-order valence-corrected chi connectivity index (χ4v) is 6.00. The number of fused-ring (bicyclic) bond motifs is 1. The Morgan fingerprint density at radius 1 is 1.19 bits per heavy atom. The lowest BCUT2D eigenvalue weighted by molar-refractivity contribution is 0.390. The Bertz CT molecular complexity index is 1020. The number of aryl methyl sites for hydroxylation is 4. The Balaban J connectivity index is 1.76. The van der Waals surface area contributed by atoms with Crippen molar-refractivity contribution in [1.82, 2.24) is 9.88 Å². The van der Waals surface area contributed by atoms with E-state index in [0.717, 1.165) is 29.7 Å². The third-order valence-corrected chi connectivity index (χ3v) is 7.40. The SMILES string of the molecule is Cc1noc(C)c1S(=O)(=O)N[C@@H](c1ccc2c(c1)CCC2)c1cccs1. The van der Waals surface area contributed by atoms with Gasteiger partial charge in [-0.3, -0.25) is 0 Å². The van der Waals surface area contributed by atoms with Gasteiger partial charge in [0, 0.05) is 4.88 Å².